The molecule has 3 rings (SSSR count). The first-order valence-electron chi connectivity index (χ1n) is 8.86. The molecule has 0 radical (unpaired) electrons. The van der Waals surface area contributed by atoms with Gasteiger partial charge in [-0.2, -0.15) is 0 Å². The number of rotatable bonds is 4. The van der Waals surface area contributed by atoms with Crippen LogP contribution in [0.1, 0.15) is 23.6 Å². The van der Waals surface area contributed by atoms with E-state index in [2.05, 4.69) is 0 Å². The fourth-order valence-corrected chi connectivity index (χ4v) is 3.69. The molecule has 0 heterocycles. The zero-order valence-corrected chi connectivity index (χ0v) is 16.5. The summed E-state index contributed by atoms with van der Waals surface area (Å²) in [5.74, 6) is 1.73. The van der Waals surface area contributed by atoms with Crippen molar-refractivity contribution >= 4 is 5.69 Å². The maximum Gasteiger partial charge on any atom is 0.203 e. The van der Waals surface area contributed by atoms with Crippen LogP contribution in [0.15, 0.2) is 29.1 Å². The average Bonchev–Trinajstić information content (AvgIpc) is 2.90. The Hall–Kier alpha value is -2.73. The van der Waals surface area contributed by atoms with E-state index in [9.17, 15) is 4.79 Å². The topological polar surface area (TPSA) is 74.0 Å². The number of hydrogen-bond acceptors (Lipinski definition) is 6. The second-order valence-electron chi connectivity index (χ2n) is 6.82. The van der Waals surface area contributed by atoms with E-state index in [4.69, 9.17) is 19.9 Å². The molecule has 6 nitrogen and oxygen atoms in total. The molecule has 0 unspecified atom stereocenters. The summed E-state index contributed by atoms with van der Waals surface area (Å²) in [6.07, 6.45) is 1.52. The number of ether oxygens (including phenoxy) is 3. The number of aryl methyl sites for hydroxylation is 1. The van der Waals surface area contributed by atoms with Crippen molar-refractivity contribution in [3.8, 4) is 28.4 Å². The lowest BCUT2D eigenvalue weighted by atomic mass is 9.95. The second kappa shape index (κ2) is 7.48. The van der Waals surface area contributed by atoms with Gasteiger partial charge in [0, 0.05) is 25.7 Å². The smallest absolute Gasteiger partial charge is 0.203 e. The minimum Gasteiger partial charge on any atom is -0.493 e. The third kappa shape index (κ3) is 3.21. The van der Waals surface area contributed by atoms with Gasteiger partial charge in [0.15, 0.2) is 11.5 Å². The molecule has 0 saturated heterocycles. The monoisotopic (exact) mass is 370 g/mol. The Morgan fingerprint density at radius 2 is 1.74 bits per heavy atom. The van der Waals surface area contributed by atoms with E-state index < -0.39 is 0 Å². The van der Waals surface area contributed by atoms with Gasteiger partial charge in [0.1, 0.15) is 0 Å². The Balaban J connectivity index is 2.44. The van der Waals surface area contributed by atoms with Crippen LogP contribution in [0.4, 0.5) is 5.69 Å². The highest BCUT2D eigenvalue weighted by atomic mass is 16.5. The van der Waals surface area contributed by atoms with E-state index in [0.29, 0.717) is 22.9 Å². The Morgan fingerprint density at radius 1 is 1.04 bits per heavy atom. The zero-order valence-electron chi connectivity index (χ0n) is 16.5. The van der Waals surface area contributed by atoms with E-state index in [1.54, 1.807) is 27.4 Å². The first-order chi connectivity index (χ1) is 12.9. The van der Waals surface area contributed by atoms with Gasteiger partial charge in [0.25, 0.3) is 0 Å². The number of anilines is 1. The van der Waals surface area contributed by atoms with Crippen molar-refractivity contribution in [2.24, 2.45) is 5.73 Å². The number of hydrogen-bond donors (Lipinski definition) is 1. The van der Waals surface area contributed by atoms with Crippen LogP contribution in [0.25, 0.3) is 11.1 Å². The summed E-state index contributed by atoms with van der Waals surface area (Å²) in [4.78, 5) is 14.4. The lowest BCUT2D eigenvalue weighted by molar-refractivity contribution is 0.324. The Bertz CT molecular complexity index is 925. The molecule has 0 saturated carbocycles. The molecule has 0 fully saturated rings. The Morgan fingerprint density at radius 3 is 2.33 bits per heavy atom. The molecule has 144 valence electrons. The lowest BCUT2D eigenvalue weighted by Gasteiger charge is -2.19. The molecule has 1 aliphatic carbocycles. The van der Waals surface area contributed by atoms with E-state index in [0.717, 1.165) is 35.1 Å². The van der Waals surface area contributed by atoms with Crippen molar-refractivity contribution in [3.63, 3.8) is 0 Å². The van der Waals surface area contributed by atoms with Crippen LogP contribution < -0.4 is 30.3 Å². The largest absolute Gasteiger partial charge is 0.493 e. The fourth-order valence-electron chi connectivity index (χ4n) is 3.69. The van der Waals surface area contributed by atoms with Crippen LogP contribution in [0.2, 0.25) is 0 Å². The highest BCUT2D eigenvalue weighted by molar-refractivity contribution is 5.83. The van der Waals surface area contributed by atoms with Crippen molar-refractivity contribution in [2.45, 2.75) is 18.9 Å². The summed E-state index contributed by atoms with van der Waals surface area (Å²) in [5, 5.41) is 0. The van der Waals surface area contributed by atoms with Gasteiger partial charge in [-0.25, -0.2) is 0 Å². The van der Waals surface area contributed by atoms with Crippen molar-refractivity contribution in [2.75, 3.05) is 40.3 Å². The lowest BCUT2D eigenvalue weighted by Crippen LogP contribution is -2.17. The summed E-state index contributed by atoms with van der Waals surface area (Å²) < 4.78 is 16.8. The van der Waals surface area contributed by atoms with Crippen molar-refractivity contribution in [1.29, 1.82) is 0 Å². The molecular weight excluding hydrogens is 344 g/mol. The molecule has 0 spiro atoms. The van der Waals surface area contributed by atoms with Crippen LogP contribution in [-0.2, 0) is 6.42 Å². The fraction of sp³-hybridized carbons (Fsp3) is 0.381. The summed E-state index contributed by atoms with van der Waals surface area (Å²) in [7, 11) is 8.50. The molecule has 0 amide bonds. The van der Waals surface area contributed by atoms with Gasteiger partial charge in [-0.05, 0) is 53.8 Å². The van der Waals surface area contributed by atoms with Gasteiger partial charge in [0.2, 0.25) is 11.2 Å². The van der Waals surface area contributed by atoms with Gasteiger partial charge in [-0.15, -0.1) is 0 Å². The molecule has 2 N–H and O–H groups in total. The summed E-state index contributed by atoms with van der Waals surface area (Å²) >= 11 is 0. The van der Waals surface area contributed by atoms with Crippen LogP contribution in [0.3, 0.4) is 0 Å². The molecule has 2 aromatic rings. The number of nitrogens with zero attached hydrogens (tertiary/aromatic N) is 1. The standard InChI is InChI=1S/C21H26N2O4/c1-23(2)16-11-14-13(7-9-17(16)24)19-12(6-8-15(14)22)10-18(25-3)20(26-4)21(19)27-5/h7,9-11,15H,6,8,22H2,1-5H3/t15-/m0/s1. The predicted octanol–water partition coefficient (Wildman–Crippen LogP) is 2.75. The number of methoxy groups -OCH3 is 3. The first kappa shape index (κ1) is 19.0. The van der Waals surface area contributed by atoms with Gasteiger partial charge in [-0.3, -0.25) is 4.79 Å². The van der Waals surface area contributed by atoms with Crippen LogP contribution in [-0.4, -0.2) is 35.4 Å². The molecule has 1 aliphatic rings. The van der Waals surface area contributed by atoms with Crippen molar-refractivity contribution in [1.82, 2.24) is 0 Å². The minimum atomic E-state index is -0.195. The molecule has 27 heavy (non-hydrogen) atoms. The van der Waals surface area contributed by atoms with E-state index in [1.807, 2.05) is 37.2 Å². The van der Waals surface area contributed by atoms with Gasteiger partial charge in [-0.1, -0.05) is 0 Å². The van der Waals surface area contributed by atoms with Gasteiger partial charge >= 0.3 is 0 Å². The number of fused-ring (bicyclic) bond motifs is 3. The van der Waals surface area contributed by atoms with Crippen LogP contribution in [0, 0.1) is 0 Å². The third-order valence-electron chi connectivity index (χ3n) is 5.04. The molecule has 2 aromatic carbocycles. The normalized spacial score (nSPS) is 15.3. The molecule has 0 aliphatic heterocycles. The zero-order chi connectivity index (χ0) is 19.7. The van der Waals surface area contributed by atoms with Gasteiger partial charge in [0.05, 0.1) is 27.0 Å². The van der Waals surface area contributed by atoms with Gasteiger partial charge < -0.3 is 24.8 Å². The highest BCUT2D eigenvalue weighted by Gasteiger charge is 2.27. The maximum absolute atomic E-state index is 12.5. The summed E-state index contributed by atoms with van der Waals surface area (Å²) in [6.45, 7) is 0. The molecule has 6 heteroatoms. The summed E-state index contributed by atoms with van der Waals surface area (Å²) in [6, 6.07) is 7.10. The van der Waals surface area contributed by atoms with E-state index in [-0.39, 0.29) is 11.5 Å². The Kier molecular flexibility index (Phi) is 5.28. The number of nitrogens with two attached hydrogens (primary N) is 1. The minimum absolute atomic E-state index is 0.0544. The van der Waals surface area contributed by atoms with E-state index in [1.165, 1.54) is 0 Å². The van der Waals surface area contributed by atoms with Crippen LogP contribution in [0.5, 0.6) is 17.2 Å². The highest BCUT2D eigenvalue weighted by Crippen LogP contribution is 2.50. The average molecular weight is 370 g/mol. The quantitative estimate of drug-likeness (QED) is 0.892. The second-order valence-corrected chi connectivity index (χ2v) is 6.82. The Labute approximate surface area is 159 Å². The van der Waals surface area contributed by atoms with Crippen molar-refractivity contribution in [3.05, 3.63) is 45.6 Å². The summed E-state index contributed by atoms with van der Waals surface area (Å²) in [5.41, 5.74) is 10.8. The molecule has 0 bridgehead atoms. The molecule has 1 atom stereocenters. The molecular formula is C21H26N2O4. The number of benzene rings is 1. The third-order valence-corrected chi connectivity index (χ3v) is 5.04. The van der Waals surface area contributed by atoms with E-state index >= 15 is 0 Å². The predicted molar refractivity (Wildman–Crippen MR) is 107 cm³/mol. The SMILES string of the molecule is COc1cc2c(c(OC)c1OC)-c1ccc(=O)c(N(C)C)cc1[C@@H](N)CC2. The van der Waals surface area contributed by atoms with Crippen LogP contribution >= 0.6 is 0 Å². The maximum atomic E-state index is 12.5. The molecule has 0 aromatic heterocycles. The first-order valence-corrected chi connectivity index (χ1v) is 8.86. The van der Waals surface area contributed by atoms with Crippen molar-refractivity contribution < 1.29 is 14.2 Å².